The molecule has 2 N–H and O–H groups in total. The lowest BCUT2D eigenvalue weighted by molar-refractivity contribution is 0.0702. The summed E-state index contributed by atoms with van der Waals surface area (Å²) < 4.78 is 0. The van der Waals surface area contributed by atoms with Gasteiger partial charge in [-0.05, 0) is 49.3 Å². The van der Waals surface area contributed by atoms with Crippen molar-refractivity contribution in [1.82, 2.24) is 0 Å². The maximum atomic E-state index is 11.1. The first-order valence-electron chi connectivity index (χ1n) is 11.2. The van der Waals surface area contributed by atoms with Crippen molar-refractivity contribution in [3.05, 3.63) is 80.5 Å². The summed E-state index contributed by atoms with van der Waals surface area (Å²) >= 11 is 1.35. The molecule has 2 aromatic rings. The highest BCUT2D eigenvalue weighted by Crippen LogP contribution is 2.43. The number of unbranched alkanes of at least 4 members (excludes halogenated alkanes) is 2. The normalized spacial score (nSPS) is 19.1. The second-order valence-electron chi connectivity index (χ2n) is 8.36. The van der Waals surface area contributed by atoms with Gasteiger partial charge in [-0.15, -0.1) is 11.3 Å². The van der Waals surface area contributed by atoms with E-state index in [2.05, 4.69) is 30.0 Å². The number of aliphatic hydroxyl groups is 1. The molecular weight excluding hydrogens is 406 g/mol. The Labute approximate surface area is 189 Å². The molecule has 0 radical (unpaired) electrons. The van der Waals surface area contributed by atoms with Crippen LogP contribution in [0.25, 0.3) is 4.85 Å². The molecule has 0 saturated carbocycles. The highest BCUT2D eigenvalue weighted by molar-refractivity contribution is 7.13. The number of carboxylic acids is 1. The number of rotatable bonds is 11. The maximum Gasteiger partial charge on any atom is 0.345 e. The van der Waals surface area contributed by atoms with Crippen LogP contribution in [-0.4, -0.2) is 16.2 Å². The fourth-order valence-electron chi connectivity index (χ4n) is 4.46. The van der Waals surface area contributed by atoms with Crippen LogP contribution in [0.15, 0.2) is 48.2 Å². The minimum Gasteiger partial charge on any atom is -0.477 e. The van der Waals surface area contributed by atoms with Crippen LogP contribution >= 0.6 is 11.3 Å². The van der Waals surface area contributed by atoms with Gasteiger partial charge in [0.25, 0.3) is 0 Å². The molecule has 3 rings (SSSR count). The smallest absolute Gasteiger partial charge is 0.345 e. The van der Waals surface area contributed by atoms with Crippen LogP contribution in [0.2, 0.25) is 0 Å². The van der Waals surface area contributed by atoms with E-state index in [1.54, 1.807) is 6.07 Å². The molecule has 164 valence electrons. The van der Waals surface area contributed by atoms with Crippen molar-refractivity contribution in [2.75, 3.05) is 0 Å². The monoisotopic (exact) mass is 437 g/mol. The first-order chi connectivity index (χ1) is 15.0. The van der Waals surface area contributed by atoms with E-state index >= 15 is 0 Å². The van der Waals surface area contributed by atoms with Gasteiger partial charge in [-0.2, -0.15) is 0 Å². The molecular formula is C26H31NO3S. The summed E-state index contributed by atoms with van der Waals surface area (Å²) in [6.07, 6.45) is 9.53. The fraction of sp³-hybridized carbons (Fsp3) is 0.462. The zero-order valence-electron chi connectivity index (χ0n) is 18.1. The molecule has 1 unspecified atom stereocenters. The molecule has 1 aromatic heterocycles. The number of hydrogen-bond donors (Lipinski definition) is 2. The van der Waals surface area contributed by atoms with Crippen molar-refractivity contribution in [3.8, 4) is 0 Å². The summed E-state index contributed by atoms with van der Waals surface area (Å²) in [6.45, 7) is 9.75. The molecule has 0 bridgehead atoms. The lowest BCUT2D eigenvalue weighted by atomic mass is 9.83. The molecule has 3 atom stereocenters. The minimum absolute atomic E-state index is 0.113. The van der Waals surface area contributed by atoms with Crippen LogP contribution in [0.1, 0.15) is 89.6 Å². The zero-order valence-corrected chi connectivity index (χ0v) is 18.9. The second-order valence-corrected chi connectivity index (χ2v) is 9.52. The summed E-state index contributed by atoms with van der Waals surface area (Å²) in [7, 11) is 0. The van der Waals surface area contributed by atoms with Gasteiger partial charge < -0.3 is 10.2 Å². The molecule has 4 nitrogen and oxygen atoms in total. The summed E-state index contributed by atoms with van der Waals surface area (Å²) in [5, 5.41) is 19.5. The van der Waals surface area contributed by atoms with Crippen molar-refractivity contribution in [1.29, 1.82) is 0 Å². The Kier molecular flexibility index (Phi) is 8.45. The summed E-state index contributed by atoms with van der Waals surface area (Å²) in [5.41, 5.74) is 2.93. The maximum absolute atomic E-state index is 11.1. The van der Waals surface area contributed by atoms with Gasteiger partial charge in [0.15, 0.2) is 5.70 Å². The number of allylic oxidation sites excluding steroid dienone is 2. The third-order valence-electron chi connectivity index (χ3n) is 6.18. The van der Waals surface area contributed by atoms with Crippen LogP contribution in [0.5, 0.6) is 0 Å². The Morgan fingerprint density at radius 1 is 1.19 bits per heavy atom. The summed E-state index contributed by atoms with van der Waals surface area (Å²) in [5.74, 6) is -0.359. The number of thiophene rings is 1. The third kappa shape index (κ3) is 6.06. The van der Waals surface area contributed by atoms with Crippen LogP contribution < -0.4 is 0 Å². The Bertz CT molecular complexity index is 938. The number of aliphatic hydroxyl groups excluding tert-OH is 1. The van der Waals surface area contributed by atoms with Gasteiger partial charge >= 0.3 is 5.97 Å². The van der Waals surface area contributed by atoms with Gasteiger partial charge in [-0.1, -0.05) is 68.5 Å². The first kappa shape index (κ1) is 23.2. The van der Waals surface area contributed by atoms with Crippen molar-refractivity contribution in [2.24, 2.45) is 5.92 Å². The van der Waals surface area contributed by atoms with E-state index in [9.17, 15) is 9.90 Å². The highest BCUT2D eigenvalue weighted by Gasteiger charge is 2.31. The number of benzene rings is 1. The van der Waals surface area contributed by atoms with Gasteiger partial charge in [-0.3, -0.25) is 0 Å². The van der Waals surface area contributed by atoms with Crippen molar-refractivity contribution < 1.29 is 15.0 Å². The quantitative estimate of drug-likeness (QED) is 0.294. The Morgan fingerprint density at radius 2 is 1.97 bits per heavy atom. The molecule has 0 spiro atoms. The van der Waals surface area contributed by atoms with E-state index in [1.807, 2.05) is 18.2 Å². The molecule has 0 amide bonds. The zero-order chi connectivity index (χ0) is 22.2. The van der Waals surface area contributed by atoms with E-state index in [0.29, 0.717) is 10.8 Å². The first-order valence-corrected chi connectivity index (χ1v) is 12.0. The van der Waals surface area contributed by atoms with Gasteiger partial charge in [0, 0.05) is 10.8 Å². The molecule has 1 aliphatic carbocycles. The minimum atomic E-state index is -0.864. The predicted octanol–water partition coefficient (Wildman–Crippen LogP) is 6.99. The number of nitrogens with zero attached hydrogens (tertiary/aromatic N) is 1. The lowest BCUT2D eigenvalue weighted by Crippen LogP contribution is -2.10. The Balaban J connectivity index is 1.61. The lowest BCUT2D eigenvalue weighted by Gasteiger charge is -2.22. The molecule has 0 fully saturated rings. The highest BCUT2D eigenvalue weighted by atomic mass is 32.1. The molecule has 0 saturated heterocycles. The molecule has 1 aromatic carbocycles. The van der Waals surface area contributed by atoms with Crippen molar-refractivity contribution in [3.63, 3.8) is 0 Å². The average Bonchev–Trinajstić information content (AvgIpc) is 3.41. The fourth-order valence-corrected chi connectivity index (χ4v) is 5.35. The number of carbonyl (C=O) groups is 1. The number of hydrogen-bond acceptors (Lipinski definition) is 3. The Morgan fingerprint density at radius 3 is 2.61 bits per heavy atom. The Hall–Kier alpha value is -2.42. The van der Waals surface area contributed by atoms with Crippen LogP contribution in [0.4, 0.5) is 0 Å². The van der Waals surface area contributed by atoms with Crippen LogP contribution in [0, 0.1) is 12.5 Å². The van der Waals surface area contributed by atoms with Gasteiger partial charge in [0.05, 0.1) is 12.7 Å². The van der Waals surface area contributed by atoms with E-state index < -0.39 is 12.1 Å². The van der Waals surface area contributed by atoms with E-state index in [0.717, 1.165) is 73.1 Å². The third-order valence-corrected chi connectivity index (χ3v) is 7.31. The summed E-state index contributed by atoms with van der Waals surface area (Å²) in [6, 6.07) is 11.8. The average molecular weight is 438 g/mol. The molecule has 0 aliphatic heterocycles. The second kappa shape index (κ2) is 11.3. The molecule has 31 heavy (non-hydrogen) atoms. The van der Waals surface area contributed by atoms with Gasteiger partial charge in [0.2, 0.25) is 0 Å². The topological polar surface area (TPSA) is 61.9 Å². The van der Waals surface area contributed by atoms with Crippen molar-refractivity contribution in [2.45, 2.75) is 70.3 Å². The van der Waals surface area contributed by atoms with E-state index in [4.69, 9.17) is 11.7 Å². The largest absolute Gasteiger partial charge is 0.477 e. The molecule has 5 heteroatoms. The van der Waals surface area contributed by atoms with E-state index in [-0.39, 0.29) is 5.92 Å². The van der Waals surface area contributed by atoms with Gasteiger partial charge in [-0.25, -0.2) is 9.64 Å². The van der Waals surface area contributed by atoms with Crippen LogP contribution in [-0.2, 0) is 6.42 Å². The summed E-state index contributed by atoms with van der Waals surface area (Å²) in [4.78, 5) is 16.3. The number of aryl methyl sites for hydroxylation is 1. The van der Waals surface area contributed by atoms with Crippen molar-refractivity contribution >= 4 is 17.3 Å². The molecule has 1 aliphatic rings. The van der Waals surface area contributed by atoms with Gasteiger partial charge in [0.1, 0.15) is 4.88 Å². The standard InChI is InChI=1S/C26H31NO3S/c1-3-4-5-9-23(28)18-10-12-20(13-11-18)25-19(14-16-22(25)27-2)7-6-8-21-15-17-24(31-21)26(29)30/h10-13,15-17,19,23,25,28H,3-9,14H2,1H3,(H,29,30)/t19-,23?,25-/m0/s1. The molecule has 1 heterocycles. The number of carboxylic acid groups (broad SMARTS) is 1. The predicted molar refractivity (Wildman–Crippen MR) is 125 cm³/mol. The number of aromatic carboxylic acids is 1. The SMILES string of the molecule is [C-]#[N+]C1=CC[C@H](CCCc2ccc(C(=O)O)s2)[C@H]1c1ccc(C(O)CCCCC)cc1. The van der Waals surface area contributed by atoms with E-state index in [1.165, 1.54) is 11.3 Å². The van der Waals surface area contributed by atoms with Crippen LogP contribution in [0.3, 0.4) is 0 Å².